The molecule has 0 saturated carbocycles. The lowest BCUT2D eigenvalue weighted by Crippen LogP contribution is -2.05. The fourth-order valence-corrected chi connectivity index (χ4v) is 2.08. The van der Waals surface area contributed by atoms with Crippen molar-refractivity contribution in [1.29, 1.82) is 0 Å². The highest BCUT2D eigenvalue weighted by Gasteiger charge is 2.09. The van der Waals surface area contributed by atoms with E-state index in [2.05, 4.69) is 27.8 Å². The van der Waals surface area contributed by atoms with Crippen LogP contribution >= 0.6 is 0 Å². The van der Waals surface area contributed by atoms with E-state index in [9.17, 15) is 0 Å². The van der Waals surface area contributed by atoms with Crippen LogP contribution in [0.3, 0.4) is 0 Å². The molecule has 6 heteroatoms. The molecule has 0 bridgehead atoms. The van der Waals surface area contributed by atoms with Crippen LogP contribution in [0.2, 0.25) is 0 Å². The van der Waals surface area contributed by atoms with Gasteiger partial charge in [-0.05, 0) is 35.5 Å². The summed E-state index contributed by atoms with van der Waals surface area (Å²) < 4.78 is 6.75. The van der Waals surface area contributed by atoms with Gasteiger partial charge in [-0.1, -0.05) is 12.1 Å². The van der Waals surface area contributed by atoms with Crippen molar-refractivity contribution in [1.82, 2.24) is 20.2 Å². The molecule has 1 N–H and O–H groups in total. The maximum Gasteiger partial charge on any atom is 0.181 e. The topological polar surface area (TPSA) is 68.8 Å². The van der Waals surface area contributed by atoms with E-state index in [4.69, 9.17) is 4.42 Å². The van der Waals surface area contributed by atoms with E-state index in [0.717, 1.165) is 22.6 Å². The van der Waals surface area contributed by atoms with Crippen LogP contribution in [0.25, 0.3) is 11.4 Å². The molecule has 0 amide bonds. The number of nitrogens with one attached hydrogen (secondary N) is 1. The molecule has 102 valence electrons. The number of nitrogens with zero attached hydrogens (tertiary/aromatic N) is 4. The SMILES string of the molecule is CC(Nc1cccc(-c2nnnn2C)c1)c1ccoc1. The van der Waals surface area contributed by atoms with Gasteiger partial charge in [0.15, 0.2) is 5.82 Å². The average molecular weight is 269 g/mol. The van der Waals surface area contributed by atoms with Crippen LogP contribution in [0.5, 0.6) is 0 Å². The highest BCUT2D eigenvalue weighted by Crippen LogP contribution is 2.23. The summed E-state index contributed by atoms with van der Waals surface area (Å²) in [6.07, 6.45) is 3.42. The Morgan fingerprint density at radius 3 is 2.90 bits per heavy atom. The van der Waals surface area contributed by atoms with Crippen molar-refractivity contribution >= 4 is 5.69 Å². The zero-order valence-electron chi connectivity index (χ0n) is 11.3. The van der Waals surface area contributed by atoms with E-state index in [-0.39, 0.29) is 6.04 Å². The van der Waals surface area contributed by atoms with Gasteiger partial charge in [0.2, 0.25) is 0 Å². The predicted octanol–water partition coefficient (Wildman–Crippen LogP) is 2.64. The third kappa shape index (κ3) is 2.40. The third-order valence-electron chi connectivity index (χ3n) is 3.17. The van der Waals surface area contributed by atoms with Crippen molar-refractivity contribution < 1.29 is 4.42 Å². The van der Waals surface area contributed by atoms with Crippen LogP contribution in [-0.2, 0) is 7.05 Å². The van der Waals surface area contributed by atoms with Crippen LogP contribution in [0.4, 0.5) is 5.69 Å². The van der Waals surface area contributed by atoms with Gasteiger partial charge in [0.05, 0.1) is 18.6 Å². The van der Waals surface area contributed by atoms with Gasteiger partial charge in [-0.15, -0.1) is 5.10 Å². The molecule has 3 rings (SSSR count). The van der Waals surface area contributed by atoms with E-state index < -0.39 is 0 Å². The lowest BCUT2D eigenvalue weighted by atomic mass is 10.1. The largest absolute Gasteiger partial charge is 0.472 e. The molecule has 0 spiro atoms. The number of hydrogen-bond donors (Lipinski definition) is 1. The van der Waals surface area contributed by atoms with Gasteiger partial charge in [0.1, 0.15) is 0 Å². The Morgan fingerprint density at radius 1 is 1.30 bits per heavy atom. The molecule has 1 unspecified atom stereocenters. The van der Waals surface area contributed by atoms with Crippen LogP contribution in [-0.4, -0.2) is 20.2 Å². The van der Waals surface area contributed by atoms with Gasteiger partial charge < -0.3 is 9.73 Å². The summed E-state index contributed by atoms with van der Waals surface area (Å²) in [5, 5.41) is 14.9. The Hall–Kier alpha value is -2.63. The Bertz CT molecular complexity index is 689. The maximum absolute atomic E-state index is 5.10. The lowest BCUT2D eigenvalue weighted by molar-refractivity contribution is 0.562. The highest BCUT2D eigenvalue weighted by atomic mass is 16.3. The monoisotopic (exact) mass is 269 g/mol. The van der Waals surface area contributed by atoms with Crippen molar-refractivity contribution in [2.75, 3.05) is 5.32 Å². The van der Waals surface area contributed by atoms with E-state index in [1.807, 2.05) is 37.4 Å². The Morgan fingerprint density at radius 2 is 2.20 bits per heavy atom. The fraction of sp³-hybridized carbons (Fsp3) is 0.214. The molecule has 2 heterocycles. The van der Waals surface area contributed by atoms with Gasteiger partial charge >= 0.3 is 0 Å². The summed E-state index contributed by atoms with van der Waals surface area (Å²) in [5.74, 6) is 0.740. The minimum Gasteiger partial charge on any atom is -0.472 e. The number of tetrazole rings is 1. The molecule has 0 aliphatic heterocycles. The number of rotatable bonds is 4. The predicted molar refractivity (Wildman–Crippen MR) is 75.0 cm³/mol. The molecule has 1 atom stereocenters. The van der Waals surface area contributed by atoms with Crippen LogP contribution in [0.1, 0.15) is 18.5 Å². The van der Waals surface area contributed by atoms with Crippen molar-refractivity contribution in [3.63, 3.8) is 0 Å². The summed E-state index contributed by atoms with van der Waals surface area (Å²) in [6.45, 7) is 2.08. The molecular weight excluding hydrogens is 254 g/mol. The molecule has 0 aliphatic rings. The number of hydrogen-bond acceptors (Lipinski definition) is 5. The molecule has 0 aliphatic carbocycles. The van der Waals surface area contributed by atoms with Gasteiger partial charge in [0, 0.05) is 23.9 Å². The van der Waals surface area contributed by atoms with E-state index in [1.54, 1.807) is 17.2 Å². The molecule has 3 aromatic rings. The zero-order valence-corrected chi connectivity index (χ0v) is 11.3. The molecule has 20 heavy (non-hydrogen) atoms. The van der Waals surface area contributed by atoms with Crippen LogP contribution < -0.4 is 5.32 Å². The summed E-state index contributed by atoms with van der Waals surface area (Å²) >= 11 is 0. The van der Waals surface area contributed by atoms with Crippen LogP contribution in [0, 0.1) is 0 Å². The first-order chi connectivity index (χ1) is 9.74. The lowest BCUT2D eigenvalue weighted by Gasteiger charge is -2.14. The van der Waals surface area contributed by atoms with Crippen LogP contribution in [0.15, 0.2) is 47.3 Å². The number of benzene rings is 1. The second-order valence-corrected chi connectivity index (χ2v) is 4.63. The van der Waals surface area contributed by atoms with Crippen molar-refractivity contribution in [2.24, 2.45) is 7.05 Å². The average Bonchev–Trinajstić information content (AvgIpc) is 3.10. The van der Waals surface area contributed by atoms with Gasteiger partial charge in [-0.3, -0.25) is 0 Å². The zero-order chi connectivity index (χ0) is 13.9. The standard InChI is InChI=1S/C14H15N5O/c1-10(12-6-7-20-9-12)15-13-5-3-4-11(8-13)14-16-17-18-19(14)2/h3-10,15H,1-2H3. The second-order valence-electron chi connectivity index (χ2n) is 4.63. The second kappa shape index (κ2) is 5.16. The third-order valence-corrected chi connectivity index (χ3v) is 3.17. The molecule has 0 saturated heterocycles. The van der Waals surface area contributed by atoms with Crippen molar-refractivity contribution in [3.8, 4) is 11.4 Å². The summed E-state index contributed by atoms with van der Waals surface area (Å²) in [4.78, 5) is 0. The first-order valence-corrected chi connectivity index (χ1v) is 6.35. The highest BCUT2D eigenvalue weighted by molar-refractivity contribution is 5.62. The number of furan rings is 1. The summed E-state index contributed by atoms with van der Waals surface area (Å²) in [6, 6.07) is 10.1. The minimum absolute atomic E-state index is 0.168. The van der Waals surface area contributed by atoms with E-state index in [0.29, 0.717) is 0 Å². The summed E-state index contributed by atoms with van der Waals surface area (Å²) in [7, 11) is 1.82. The fourth-order valence-electron chi connectivity index (χ4n) is 2.08. The molecule has 1 aromatic carbocycles. The van der Waals surface area contributed by atoms with E-state index >= 15 is 0 Å². The number of anilines is 1. The smallest absolute Gasteiger partial charge is 0.181 e. The minimum atomic E-state index is 0.168. The Labute approximate surface area is 116 Å². The first kappa shape index (κ1) is 12.4. The number of aromatic nitrogens is 4. The Balaban J connectivity index is 1.83. The van der Waals surface area contributed by atoms with Gasteiger partial charge in [-0.2, -0.15) is 0 Å². The number of aryl methyl sites for hydroxylation is 1. The molecular formula is C14H15N5O. The first-order valence-electron chi connectivity index (χ1n) is 6.35. The van der Waals surface area contributed by atoms with Gasteiger partial charge in [0.25, 0.3) is 0 Å². The van der Waals surface area contributed by atoms with Crippen molar-refractivity contribution in [2.45, 2.75) is 13.0 Å². The molecule has 6 nitrogen and oxygen atoms in total. The quantitative estimate of drug-likeness (QED) is 0.788. The maximum atomic E-state index is 5.10. The van der Waals surface area contributed by atoms with Gasteiger partial charge in [-0.25, -0.2) is 4.68 Å². The summed E-state index contributed by atoms with van der Waals surface area (Å²) in [5.41, 5.74) is 3.09. The molecule has 2 aromatic heterocycles. The van der Waals surface area contributed by atoms with E-state index in [1.165, 1.54) is 0 Å². The Kier molecular flexibility index (Phi) is 3.20. The normalized spacial score (nSPS) is 12.3. The molecule has 0 fully saturated rings. The molecule has 0 radical (unpaired) electrons. The van der Waals surface area contributed by atoms with Crippen molar-refractivity contribution in [3.05, 3.63) is 48.4 Å².